The van der Waals surface area contributed by atoms with E-state index >= 15 is 0 Å². The molecule has 7 nitrogen and oxygen atoms in total. The summed E-state index contributed by atoms with van der Waals surface area (Å²) < 4.78 is 19.6. The molecule has 1 atom stereocenters. The van der Waals surface area contributed by atoms with Crippen LogP contribution in [0.15, 0.2) is 35.1 Å². The zero-order valence-corrected chi connectivity index (χ0v) is 16.3. The molecule has 0 aliphatic carbocycles. The number of carbonyl (C=O) groups is 1. The number of H-pyrrole nitrogens is 1. The van der Waals surface area contributed by atoms with Gasteiger partial charge in [-0.1, -0.05) is 29.5 Å². The zero-order chi connectivity index (χ0) is 19.9. The minimum atomic E-state index is -1.77. The Morgan fingerprint density at radius 2 is 2.07 bits per heavy atom. The average Bonchev–Trinajstić information content (AvgIpc) is 3.28. The molecule has 0 spiro atoms. The lowest BCUT2D eigenvalue weighted by Crippen LogP contribution is -2.33. The van der Waals surface area contributed by atoms with Crippen LogP contribution in [0.1, 0.15) is 43.6 Å². The van der Waals surface area contributed by atoms with Crippen LogP contribution in [0.25, 0.3) is 10.3 Å². The van der Waals surface area contributed by atoms with Crippen LogP contribution >= 0.6 is 11.3 Å². The maximum absolute atomic E-state index is 14.2. The van der Waals surface area contributed by atoms with E-state index < -0.39 is 17.3 Å². The summed E-state index contributed by atoms with van der Waals surface area (Å²) in [7, 11) is 0. The summed E-state index contributed by atoms with van der Waals surface area (Å²) in [6.45, 7) is 3.20. The quantitative estimate of drug-likeness (QED) is 0.717. The number of aromatic amines is 1. The molecular formula is C19H19FN4O3S. The molecule has 146 valence electrons. The molecule has 0 unspecified atom stereocenters. The monoisotopic (exact) mass is 402 g/mol. The summed E-state index contributed by atoms with van der Waals surface area (Å²) in [5.41, 5.74) is -2.09. The van der Waals surface area contributed by atoms with Gasteiger partial charge in [-0.05, 0) is 38.8 Å². The van der Waals surface area contributed by atoms with Crippen LogP contribution in [0, 0.1) is 0 Å². The predicted molar refractivity (Wildman–Crippen MR) is 103 cm³/mol. The normalized spacial score (nSPS) is 17.2. The number of alkyl halides is 1. The number of thiazole rings is 1. The number of carbonyl (C=O) groups excluding carboxylic acids is 1. The summed E-state index contributed by atoms with van der Waals surface area (Å²) in [6, 6.07) is 8.55. The van der Waals surface area contributed by atoms with Gasteiger partial charge in [0.2, 0.25) is 0 Å². The minimum absolute atomic E-state index is 0.0352. The summed E-state index contributed by atoms with van der Waals surface area (Å²) in [5, 5.41) is 0.601. The second-order valence-electron chi connectivity index (χ2n) is 7.13. The van der Waals surface area contributed by atoms with Crippen LogP contribution in [0.4, 0.5) is 9.18 Å². The summed E-state index contributed by atoms with van der Waals surface area (Å²) in [5.74, 6) is 0.433. The molecule has 1 fully saturated rings. The number of fused-ring (bicyclic) bond motifs is 1. The smallest absolute Gasteiger partial charge is 0.410 e. The number of aromatic nitrogens is 3. The molecule has 3 heterocycles. The predicted octanol–water partition coefficient (Wildman–Crippen LogP) is 3.92. The molecule has 1 amide bonds. The van der Waals surface area contributed by atoms with Gasteiger partial charge in [-0.3, -0.25) is 9.69 Å². The molecule has 0 saturated carbocycles. The van der Waals surface area contributed by atoms with E-state index in [1.807, 2.05) is 6.07 Å². The van der Waals surface area contributed by atoms with Gasteiger partial charge in [0.1, 0.15) is 16.6 Å². The maximum Gasteiger partial charge on any atom is 0.415 e. The Morgan fingerprint density at radius 1 is 1.32 bits per heavy atom. The highest BCUT2D eigenvalue weighted by Crippen LogP contribution is 2.36. The molecule has 1 saturated heterocycles. The van der Waals surface area contributed by atoms with Crippen molar-refractivity contribution >= 4 is 27.8 Å². The van der Waals surface area contributed by atoms with E-state index in [0.29, 0.717) is 28.6 Å². The third kappa shape index (κ3) is 3.49. The first-order valence-corrected chi connectivity index (χ1v) is 9.78. The summed E-state index contributed by atoms with van der Waals surface area (Å²) in [6.07, 6.45) is 1.06. The van der Waals surface area contributed by atoms with Gasteiger partial charge in [-0.25, -0.2) is 19.2 Å². The van der Waals surface area contributed by atoms with Crippen molar-refractivity contribution < 1.29 is 13.9 Å². The molecule has 28 heavy (non-hydrogen) atoms. The van der Waals surface area contributed by atoms with Gasteiger partial charge >= 0.3 is 6.09 Å². The first-order valence-electron chi connectivity index (χ1n) is 8.96. The summed E-state index contributed by atoms with van der Waals surface area (Å²) >= 11 is 1.21. The van der Waals surface area contributed by atoms with Gasteiger partial charge in [0.25, 0.3) is 5.56 Å². The third-order valence-corrected chi connectivity index (χ3v) is 5.62. The van der Waals surface area contributed by atoms with Crippen LogP contribution in [-0.2, 0) is 5.67 Å². The molecule has 0 bridgehead atoms. The van der Waals surface area contributed by atoms with Gasteiger partial charge < -0.3 is 9.72 Å². The highest BCUT2D eigenvalue weighted by atomic mass is 32.1. The van der Waals surface area contributed by atoms with Gasteiger partial charge in [0, 0.05) is 6.54 Å². The third-order valence-electron chi connectivity index (χ3n) is 4.57. The van der Waals surface area contributed by atoms with Crippen molar-refractivity contribution in [1.82, 2.24) is 19.9 Å². The number of hydrogen-bond donors (Lipinski definition) is 1. The fourth-order valence-corrected chi connectivity index (χ4v) is 4.25. The first kappa shape index (κ1) is 18.5. The fourth-order valence-electron chi connectivity index (χ4n) is 3.16. The SMILES string of the molecule is CC(C)(F)c1nc2sc([C@H]3CCCN3C(=O)Oc3ccccc3)nc2c(=O)[nH]1. The largest absolute Gasteiger partial charge is 0.415 e. The van der Waals surface area contributed by atoms with Crippen molar-refractivity contribution in [1.29, 1.82) is 0 Å². The Bertz CT molecular complexity index is 1070. The number of nitrogens with one attached hydrogen (secondary N) is 1. The van der Waals surface area contributed by atoms with Crippen LogP contribution in [0.2, 0.25) is 0 Å². The van der Waals surface area contributed by atoms with Crippen molar-refractivity contribution in [2.75, 3.05) is 6.54 Å². The molecule has 1 aliphatic heterocycles. The Labute approximate surface area is 164 Å². The molecule has 0 radical (unpaired) electrons. The first-order chi connectivity index (χ1) is 13.3. The van der Waals surface area contributed by atoms with Crippen LogP contribution < -0.4 is 10.3 Å². The molecule has 1 N–H and O–H groups in total. The van der Waals surface area contributed by atoms with E-state index in [9.17, 15) is 14.0 Å². The Hall–Kier alpha value is -2.81. The van der Waals surface area contributed by atoms with Crippen molar-refractivity contribution in [2.45, 2.75) is 38.4 Å². The van der Waals surface area contributed by atoms with Gasteiger partial charge in [0.15, 0.2) is 16.0 Å². The molecule has 3 aromatic rings. The van der Waals surface area contributed by atoms with Gasteiger partial charge in [0.05, 0.1) is 6.04 Å². The van der Waals surface area contributed by atoms with Crippen LogP contribution in [0.5, 0.6) is 5.75 Å². The van der Waals surface area contributed by atoms with E-state index in [2.05, 4.69) is 15.0 Å². The van der Waals surface area contributed by atoms with E-state index in [-0.39, 0.29) is 17.4 Å². The number of halogens is 1. The molecule has 1 aromatic carbocycles. The lowest BCUT2D eigenvalue weighted by atomic mass is 10.1. The average molecular weight is 402 g/mol. The number of nitrogens with zero attached hydrogens (tertiary/aromatic N) is 3. The number of hydrogen-bond acceptors (Lipinski definition) is 6. The lowest BCUT2D eigenvalue weighted by Gasteiger charge is -2.22. The summed E-state index contributed by atoms with van der Waals surface area (Å²) in [4.78, 5) is 38.0. The molecule has 4 rings (SSSR count). The standard InChI is InChI=1S/C19H19FN4O3S/c1-19(2,20)17-22-14(25)13-16(23-17)28-15(21-13)12-9-6-10-24(12)18(26)27-11-7-4-3-5-8-11/h3-5,7-8,12H,6,9-10H2,1-2H3,(H,22,23,25)/t12-/m1/s1. The topological polar surface area (TPSA) is 88.2 Å². The van der Waals surface area contributed by atoms with Crippen LogP contribution in [0.3, 0.4) is 0 Å². The zero-order valence-electron chi connectivity index (χ0n) is 15.4. The second kappa shape index (κ2) is 6.97. The number of benzene rings is 1. The van der Waals surface area contributed by atoms with E-state index in [1.54, 1.807) is 29.2 Å². The number of rotatable bonds is 3. The van der Waals surface area contributed by atoms with E-state index in [1.165, 1.54) is 25.2 Å². The van der Waals surface area contributed by atoms with Crippen molar-refractivity contribution in [3.05, 3.63) is 51.5 Å². The minimum Gasteiger partial charge on any atom is -0.410 e. The van der Waals surface area contributed by atoms with Gasteiger partial charge in [-0.2, -0.15) is 0 Å². The highest BCUT2D eigenvalue weighted by Gasteiger charge is 2.34. The number of para-hydroxylation sites is 1. The van der Waals surface area contributed by atoms with E-state index in [0.717, 1.165) is 6.42 Å². The lowest BCUT2D eigenvalue weighted by molar-refractivity contribution is 0.147. The number of likely N-dealkylation sites (tertiary alicyclic amines) is 1. The number of ether oxygens (including phenoxy) is 1. The van der Waals surface area contributed by atoms with E-state index in [4.69, 9.17) is 4.74 Å². The molecular weight excluding hydrogens is 383 g/mol. The molecule has 2 aromatic heterocycles. The van der Waals surface area contributed by atoms with Crippen LogP contribution in [-0.4, -0.2) is 32.5 Å². The maximum atomic E-state index is 14.2. The van der Waals surface area contributed by atoms with Gasteiger partial charge in [-0.15, -0.1) is 0 Å². The fraction of sp³-hybridized carbons (Fsp3) is 0.368. The Kier molecular flexibility index (Phi) is 4.62. The van der Waals surface area contributed by atoms with Crippen molar-refractivity contribution in [2.24, 2.45) is 0 Å². The highest BCUT2D eigenvalue weighted by molar-refractivity contribution is 7.18. The van der Waals surface area contributed by atoms with Crippen molar-refractivity contribution in [3.63, 3.8) is 0 Å². The molecule has 9 heteroatoms. The number of amides is 1. The van der Waals surface area contributed by atoms with Crippen molar-refractivity contribution in [3.8, 4) is 5.75 Å². The molecule has 1 aliphatic rings. The second-order valence-corrected chi connectivity index (χ2v) is 8.13. The Balaban J connectivity index is 1.64. The Morgan fingerprint density at radius 3 is 2.79 bits per heavy atom.